The third-order valence-corrected chi connectivity index (χ3v) is 4.99. The van der Waals surface area contributed by atoms with E-state index in [-0.39, 0.29) is 18.7 Å². The summed E-state index contributed by atoms with van der Waals surface area (Å²) in [6.07, 6.45) is 0.242. The standard InChI is InChI=1S/C14H15N3O4S/c1-3-15-10-9-7(6-22-10)11(19)17(12(9)20)14(2)5-4-8(18)16-13(14)21/h6,15H,3-5H2,1-2H3,(H,16,18,21). The molecular weight excluding hydrogens is 306 g/mol. The zero-order valence-electron chi connectivity index (χ0n) is 12.2. The smallest absolute Gasteiger partial charge is 0.265 e. The average Bonchev–Trinajstić information content (AvgIpc) is 2.97. The summed E-state index contributed by atoms with van der Waals surface area (Å²) in [7, 11) is 0. The predicted molar refractivity (Wildman–Crippen MR) is 79.8 cm³/mol. The lowest BCUT2D eigenvalue weighted by atomic mass is 9.89. The molecule has 1 aromatic heterocycles. The zero-order chi connectivity index (χ0) is 16.1. The van der Waals surface area contributed by atoms with E-state index in [1.54, 1.807) is 5.38 Å². The van der Waals surface area contributed by atoms with Crippen molar-refractivity contribution < 1.29 is 19.2 Å². The van der Waals surface area contributed by atoms with Crippen molar-refractivity contribution in [3.8, 4) is 0 Å². The fourth-order valence-corrected chi connectivity index (χ4v) is 3.80. The van der Waals surface area contributed by atoms with Gasteiger partial charge in [0.2, 0.25) is 5.91 Å². The molecule has 1 aromatic rings. The van der Waals surface area contributed by atoms with E-state index in [0.29, 0.717) is 22.7 Å². The van der Waals surface area contributed by atoms with Crippen LogP contribution in [0.2, 0.25) is 0 Å². The molecule has 2 aliphatic heterocycles. The first kappa shape index (κ1) is 14.7. The van der Waals surface area contributed by atoms with Gasteiger partial charge >= 0.3 is 0 Å². The van der Waals surface area contributed by atoms with Crippen molar-refractivity contribution in [3.63, 3.8) is 0 Å². The molecule has 3 rings (SSSR count). The van der Waals surface area contributed by atoms with Crippen LogP contribution in [-0.4, -0.2) is 40.6 Å². The van der Waals surface area contributed by atoms with Gasteiger partial charge in [-0.1, -0.05) is 0 Å². The van der Waals surface area contributed by atoms with Crippen molar-refractivity contribution in [1.82, 2.24) is 10.2 Å². The van der Waals surface area contributed by atoms with Crippen molar-refractivity contribution >= 4 is 40.0 Å². The number of thiophene rings is 1. The Morgan fingerprint density at radius 3 is 2.68 bits per heavy atom. The number of imide groups is 2. The van der Waals surface area contributed by atoms with Gasteiger partial charge in [-0.3, -0.25) is 29.4 Å². The SMILES string of the molecule is CCNc1scc2c1C(=O)N(C1(C)CCC(=O)NC1=O)C2=O. The summed E-state index contributed by atoms with van der Waals surface area (Å²) in [6.45, 7) is 4.04. The van der Waals surface area contributed by atoms with Crippen LogP contribution in [0.3, 0.4) is 0 Å². The van der Waals surface area contributed by atoms with Gasteiger partial charge in [-0.15, -0.1) is 11.3 Å². The highest BCUT2D eigenvalue weighted by Gasteiger charge is 2.53. The fourth-order valence-electron chi connectivity index (χ4n) is 2.80. The Kier molecular flexibility index (Phi) is 3.28. The van der Waals surface area contributed by atoms with Gasteiger partial charge in [0.15, 0.2) is 0 Å². The van der Waals surface area contributed by atoms with Gasteiger partial charge in [0.1, 0.15) is 10.5 Å². The molecular formula is C14H15N3O4S. The fraction of sp³-hybridized carbons (Fsp3) is 0.429. The molecule has 1 atom stereocenters. The Balaban J connectivity index is 2.00. The lowest BCUT2D eigenvalue weighted by Gasteiger charge is -2.38. The lowest BCUT2D eigenvalue weighted by molar-refractivity contribution is -0.140. The summed E-state index contributed by atoms with van der Waals surface area (Å²) in [4.78, 5) is 49.8. The molecule has 4 amide bonds. The maximum atomic E-state index is 12.7. The highest BCUT2D eigenvalue weighted by Crippen LogP contribution is 2.40. The summed E-state index contributed by atoms with van der Waals surface area (Å²) in [6, 6.07) is 0. The second kappa shape index (κ2) is 4.91. The number of anilines is 1. The monoisotopic (exact) mass is 321 g/mol. The number of carbonyl (C=O) groups excluding carboxylic acids is 4. The van der Waals surface area contributed by atoms with Crippen LogP contribution in [0.5, 0.6) is 0 Å². The van der Waals surface area contributed by atoms with Gasteiger partial charge < -0.3 is 5.32 Å². The highest BCUT2D eigenvalue weighted by atomic mass is 32.1. The minimum Gasteiger partial charge on any atom is -0.377 e. The molecule has 22 heavy (non-hydrogen) atoms. The normalized spacial score (nSPS) is 24.5. The molecule has 0 saturated carbocycles. The van der Waals surface area contributed by atoms with Crippen LogP contribution >= 0.6 is 11.3 Å². The van der Waals surface area contributed by atoms with E-state index in [1.807, 2.05) is 6.92 Å². The minimum atomic E-state index is -1.33. The Labute approximate surface area is 130 Å². The molecule has 2 aliphatic rings. The third kappa shape index (κ3) is 1.87. The molecule has 0 bridgehead atoms. The second-order valence-electron chi connectivity index (χ2n) is 5.48. The van der Waals surface area contributed by atoms with Crippen molar-refractivity contribution in [2.45, 2.75) is 32.2 Å². The van der Waals surface area contributed by atoms with E-state index < -0.39 is 23.3 Å². The number of hydrogen-bond donors (Lipinski definition) is 2. The van der Waals surface area contributed by atoms with E-state index in [1.165, 1.54) is 18.3 Å². The number of rotatable bonds is 3. The third-order valence-electron chi connectivity index (χ3n) is 4.05. The van der Waals surface area contributed by atoms with Gasteiger partial charge in [-0.2, -0.15) is 0 Å². The second-order valence-corrected chi connectivity index (χ2v) is 6.36. The first-order valence-corrected chi connectivity index (χ1v) is 7.86. The summed E-state index contributed by atoms with van der Waals surface area (Å²) in [5.41, 5.74) is -0.693. The van der Waals surface area contributed by atoms with Crippen molar-refractivity contribution in [2.24, 2.45) is 0 Å². The van der Waals surface area contributed by atoms with Crippen molar-refractivity contribution in [3.05, 3.63) is 16.5 Å². The summed E-state index contributed by atoms with van der Waals surface area (Å²) < 4.78 is 0. The van der Waals surface area contributed by atoms with E-state index >= 15 is 0 Å². The molecule has 7 nitrogen and oxygen atoms in total. The molecule has 2 N–H and O–H groups in total. The van der Waals surface area contributed by atoms with Crippen LogP contribution in [-0.2, 0) is 9.59 Å². The van der Waals surface area contributed by atoms with Crippen LogP contribution in [0, 0.1) is 0 Å². The van der Waals surface area contributed by atoms with Gasteiger partial charge in [-0.25, -0.2) is 0 Å². The topological polar surface area (TPSA) is 95.6 Å². The summed E-state index contributed by atoms with van der Waals surface area (Å²) in [5.74, 6) is -1.95. The minimum absolute atomic E-state index is 0.103. The van der Waals surface area contributed by atoms with Gasteiger partial charge in [-0.05, 0) is 20.3 Å². The van der Waals surface area contributed by atoms with Crippen molar-refractivity contribution in [2.75, 3.05) is 11.9 Å². The van der Waals surface area contributed by atoms with Crippen LogP contribution in [0.25, 0.3) is 0 Å². The van der Waals surface area contributed by atoms with Crippen LogP contribution < -0.4 is 10.6 Å². The molecule has 1 saturated heterocycles. The molecule has 116 valence electrons. The summed E-state index contributed by atoms with van der Waals surface area (Å²) in [5, 5.41) is 7.53. The Morgan fingerprint density at radius 2 is 2.05 bits per heavy atom. The first-order valence-electron chi connectivity index (χ1n) is 6.98. The molecule has 3 heterocycles. The molecule has 8 heteroatoms. The van der Waals surface area contributed by atoms with Crippen LogP contribution in [0.4, 0.5) is 5.00 Å². The maximum absolute atomic E-state index is 12.7. The molecule has 0 aromatic carbocycles. The van der Waals surface area contributed by atoms with E-state index in [2.05, 4.69) is 10.6 Å². The van der Waals surface area contributed by atoms with Gasteiger partial charge in [0.05, 0.1) is 11.1 Å². The molecule has 1 unspecified atom stereocenters. The molecule has 0 radical (unpaired) electrons. The number of nitrogens with one attached hydrogen (secondary N) is 2. The highest BCUT2D eigenvalue weighted by molar-refractivity contribution is 7.15. The number of amides is 4. The number of hydrogen-bond acceptors (Lipinski definition) is 6. The van der Waals surface area contributed by atoms with Crippen LogP contribution in [0.15, 0.2) is 5.38 Å². The van der Waals surface area contributed by atoms with Gasteiger partial charge in [0, 0.05) is 18.3 Å². The first-order chi connectivity index (χ1) is 10.4. The lowest BCUT2D eigenvalue weighted by Crippen LogP contribution is -2.62. The van der Waals surface area contributed by atoms with E-state index in [4.69, 9.17) is 0 Å². The van der Waals surface area contributed by atoms with E-state index in [9.17, 15) is 19.2 Å². The van der Waals surface area contributed by atoms with E-state index in [0.717, 1.165) is 4.90 Å². The predicted octanol–water partition coefficient (Wildman–Crippen LogP) is 0.971. The van der Waals surface area contributed by atoms with Crippen molar-refractivity contribution in [1.29, 1.82) is 0 Å². The molecule has 0 spiro atoms. The van der Waals surface area contributed by atoms with Gasteiger partial charge in [0.25, 0.3) is 17.7 Å². The number of carbonyl (C=O) groups is 4. The largest absolute Gasteiger partial charge is 0.377 e. The summed E-state index contributed by atoms with van der Waals surface area (Å²) >= 11 is 1.30. The molecule has 1 fully saturated rings. The Morgan fingerprint density at radius 1 is 1.32 bits per heavy atom. The number of nitrogens with zero attached hydrogens (tertiary/aromatic N) is 1. The number of fused-ring (bicyclic) bond motifs is 1. The maximum Gasteiger partial charge on any atom is 0.265 e. The zero-order valence-corrected chi connectivity index (χ0v) is 13.0. The van der Waals surface area contributed by atoms with Crippen LogP contribution in [0.1, 0.15) is 47.4 Å². The number of piperidine rings is 1. The quantitative estimate of drug-likeness (QED) is 0.809. The Bertz CT molecular complexity index is 711. The average molecular weight is 321 g/mol. The molecule has 0 aliphatic carbocycles. The Hall–Kier alpha value is -2.22.